The van der Waals surface area contributed by atoms with Crippen LogP contribution in [0.15, 0.2) is 36.4 Å². The monoisotopic (exact) mass is 302 g/mol. The Morgan fingerprint density at radius 1 is 1.24 bits per heavy atom. The van der Waals surface area contributed by atoms with Crippen LogP contribution in [0.1, 0.15) is 46.4 Å². The summed E-state index contributed by atoms with van der Waals surface area (Å²) >= 11 is 1.72. The molecule has 1 heterocycles. The Morgan fingerprint density at radius 3 is 2.67 bits per heavy atom. The van der Waals surface area contributed by atoms with E-state index in [4.69, 9.17) is 0 Å². The van der Waals surface area contributed by atoms with Crippen molar-refractivity contribution in [3.05, 3.63) is 51.7 Å². The smallest absolute Gasteiger partial charge is 0.253 e. The number of hydrogen-bond acceptors (Lipinski definition) is 3. The van der Waals surface area contributed by atoms with E-state index >= 15 is 0 Å². The molecule has 112 valence electrons. The minimum atomic E-state index is -0.0345. The van der Waals surface area contributed by atoms with Gasteiger partial charge < -0.3 is 10.6 Å². The van der Waals surface area contributed by atoms with Gasteiger partial charge in [-0.1, -0.05) is 19.1 Å². The maximum absolute atomic E-state index is 12.5. The zero-order chi connectivity index (χ0) is 15.2. The molecule has 0 bridgehead atoms. The lowest BCUT2D eigenvalue weighted by molar-refractivity contribution is 0.0941. The third-order valence-corrected chi connectivity index (χ3v) is 4.46. The zero-order valence-electron chi connectivity index (χ0n) is 12.8. The first-order valence-corrected chi connectivity index (χ1v) is 8.13. The molecule has 0 aliphatic rings. The minimum Gasteiger partial charge on any atom is -0.384 e. The first kappa shape index (κ1) is 15.6. The fraction of sp³-hybridized carbons (Fsp3) is 0.353. The SMILES string of the molecule is CCCNc1ccccc1C(=O)NC(C)c1ccc(C)s1. The van der Waals surface area contributed by atoms with E-state index in [2.05, 4.69) is 36.6 Å². The fourth-order valence-corrected chi connectivity index (χ4v) is 3.01. The average molecular weight is 302 g/mol. The van der Waals surface area contributed by atoms with Crippen LogP contribution in [0.4, 0.5) is 5.69 Å². The van der Waals surface area contributed by atoms with E-state index in [1.54, 1.807) is 11.3 Å². The summed E-state index contributed by atoms with van der Waals surface area (Å²) in [5.74, 6) is -0.0345. The van der Waals surface area contributed by atoms with E-state index in [1.165, 1.54) is 9.75 Å². The van der Waals surface area contributed by atoms with E-state index in [1.807, 2.05) is 31.2 Å². The summed E-state index contributed by atoms with van der Waals surface area (Å²) in [4.78, 5) is 14.9. The molecule has 0 aliphatic heterocycles. The maximum atomic E-state index is 12.5. The summed E-state index contributed by atoms with van der Waals surface area (Å²) in [6.45, 7) is 7.07. The quantitative estimate of drug-likeness (QED) is 0.832. The van der Waals surface area contributed by atoms with Crippen molar-refractivity contribution in [2.24, 2.45) is 0 Å². The summed E-state index contributed by atoms with van der Waals surface area (Å²) in [5, 5.41) is 6.38. The Morgan fingerprint density at radius 2 is 2.00 bits per heavy atom. The van der Waals surface area contributed by atoms with Crippen molar-refractivity contribution >= 4 is 22.9 Å². The van der Waals surface area contributed by atoms with Crippen molar-refractivity contribution in [2.75, 3.05) is 11.9 Å². The molecule has 21 heavy (non-hydrogen) atoms. The van der Waals surface area contributed by atoms with E-state index in [9.17, 15) is 4.79 Å². The van der Waals surface area contributed by atoms with Gasteiger partial charge in [0, 0.05) is 22.0 Å². The first-order valence-electron chi connectivity index (χ1n) is 7.32. The number of benzene rings is 1. The summed E-state index contributed by atoms with van der Waals surface area (Å²) in [6, 6.07) is 11.8. The Bertz CT molecular complexity index is 606. The lowest BCUT2D eigenvalue weighted by atomic mass is 10.1. The molecule has 0 spiro atoms. The summed E-state index contributed by atoms with van der Waals surface area (Å²) in [7, 11) is 0. The molecule has 2 rings (SSSR count). The first-order chi connectivity index (χ1) is 10.1. The average Bonchev–Trinajstić information content (AvgIpc) is 2.92. The van der Waals surface area contributed by atoms with Crippen LogP contribution in [0.5, 0.6) is 0 Å². The molecule has 2 aromatic rings. The minimum absolute atomic E-state index is 0.0235. The Hall–Kier alpha value is -1.81. The molecule has 0 fully saturated rings. The Kier molecular flexibility index (Phi) is 5.39. The van der Waals surface area contributed by atoms with Crippen molar-refractivity contribution in [1.29, 1.82) is 0 Å². The Balaban J connectivity index is 2.09. The van der Waals surface area contributed by atoms with Gasteiger partial charge in [-0.3, -0.25) is 4.79 Å². The highest BCUT2D eigenvalue weighted by molar-refractivity contribution is 7.12. The van der Waals surface area contributed by atoms with E-state index in [-0.39, 0.29) is 11.9 Å². The molecule has 1 aromatic heterocycles. The molecule has 1 atom stereocenters. The van der Waals surface area contributed by atoms with E-state index < -0.39 is 0 Å². The summed E-state index contributed by atoms with van der Waals surface area (Å²) in [6.07, 6.45) is 1.03. The van der Waals surface area contributed by atoms with Gasteiger partial charge in [0.2, 0.25) is 0 Å². The van der Waals surface area contributed by atoms with Gasteiger partial charge in [0.05, 0.1) is 11.6 Å². The number of amides is 1. The van der Waals surface area contributed by atoms with Crippen LogP contribution in [0.2, 0.25) is 0 Å². The maximum Gasteiger partial charge on any atom is 0.253 e. The highest BCUT2D eigenvalue weighted by Gasteiger charge is 2.15. The highest BCUT2D eigenvalue weighted by Crippen LogP contribution is 2.23. The predicted octanol–water partition coefficient (Wildman–Crippen LogP) is 4.37. The van der Waals surface area contributed by atoms with Gasteiger partial charge in [-0.25, -0.2) is 0 Å². The number of anilines is 1. The summed E-state index contributed by atoms with van der Waals surface area (Å²) in [5.41, 5.74) is 1.59. The van der Waals surface area contributed by atoms with E-state index in [0.29, 0.717) is 5.56 Å². The van der Waals surface area contributed by atoms with Crippen LogP contribution in [0.25, 0.3) is 0 Å². The van der Waals surface area contributed by atoms with Crippen LogP contribution >= 0.6 is 11.3 Å². The van der Waals surface area contributed by atoms with Gasteiger partial charge in [-0.05, 0) is 44.5 Å². The largest absolute Gasteiger partial charge is 0.384 e. The lowest BCUT2D eigenvalue weighted by Gasteiger charge is -2.15. The number of carbonyl (C=O) groups is 1. The van der Waals surface area contributed by atoms with Gasteiger partial charge in [0.25, 0.3) is 5.91 Å². The molecule has 1 unspecified atom stereocenters. The number of rotatable bonds is 6. The molecule has 0 radical (unpaired) electrons. The van der Waals surface area contributed by atoms with Crippen molar-refractivity contribution in [3.63, 3.8) is 0 Å². The third kappa shape index (κ3) is 4.08. The topological polar surface area (TPSA) is 41.1 Å². The molecule has 0 aliphatic carbocycles. The molecular formula is C17H22N2OS. The number of aryl methyl sites for hydroxylation is 1. The van der Waals surface area contributed by atoms with Crippen LogP contribution in [0.3, 0.4) is 0 Å². The Labute approximate surface area is 130 Å². The van der Waals surface area contributed by atoms with Crippen LogP contribution in [0, 0.1) is 6.92 Å². The molecule has 0 saturated carbocycles. The van der Waals surface area contributed by atoms with Gasteiger partial charge in [-0.2, -0.15) is 0 Å². The van der Waals surface area contributed by atoms with Crippen molar-refractivity contribution in [2.45, 2.75) is 33.2 Å². The van der Waals surface area contributed by atoms with Crippen LogP contribution < -0.4 is 10.6 Å². The predicted molar refractivity (Wildman–Crippen MR) is 90.2 cm³/mol. The molecule has 0 saturated heterocycles. The highest BCUT2D eigenvalue weighted by atomic mass is 32.1. The van der Waals surface area contributed by atoms with Crippen LogP contribution in [-0.4, -0.2) is 12.5 Å². The van der Waals surface area contributed by atoms with Crippen molar-refractivity contribution in [1.82, 2.24) is 5.32 Å². The zero-order valence-corrected chi connectivity index (χ0v) is 13.6. The molecule has 1 aromatic carbocycles. The second-order valence-corrected chi connectivity index (χ2v) is 6.44. The lowest BCUT2D eigenvalue weighted by Crippen LogP contribution is -2.27. The normalized spacial score (nSPS) is 12.0. The van der Waals surface area contributed by atoms with Gasteiger partial charge in [-0.15, -0.1) is 11.3 Å². The number of hydrogen-bond donors (Lipinski definition) is 2. The fourth-order valence-electron chi connectivity index (χ4n) is 2.13. The summed E-state index contributed by atoms with van der Waals surface area (Å²) < 4.78 is 0. The van der Waals surface area contributed by atoms with Crippen molar-refractivity contribution < 1.29 is 4.79 Å². The molecule has 1 amide bonds. The molecule has 3 nitrogen and oxygen atoms in total. The molecule has 2 N–H and O–H groups in total. The number of nitrogens with one attached hydrogen (secondary N) is 2. The second-order valence-electron chi connectivity index (χ2n) is 5.12. The third-order valence-electron chi connectivity index (χ3n) is 3.27. The molecule has 4 heteroatoms. The molecular weight excluding hydrogens is 280 g/mol. The van der Waals surface area contributed by atoms with E-state index in [0.717, 1.165) is 18.7 Å². The van der Waals surface area contributed by atoms with Gasteiger partial charge in [0.15, 0.2) is 0 Å². The number of para-hydroxylation sites is 1. The second kappa shape index (κ2) is 7.27. The number of thiophene rings is 1. The standard InChI is InChI=1S/C17H22N2OS/c1-4-11-18-15-8-6-5-7-14(15)17(20)19-13(3)16-10-9-12(2)21-16/h5-10,13,18H,4,11H2,1-3H3,(H,19,20). The van der Waals surface area contributed by atoms with Crippen molar-refractivity contribution in [3.8, 4) is 0 Å². The van der Waals surface area contributed by atoms with Crippen LogP contribution in [-0.2, 0) is 0 Å². The number of carbonyl (C=O) groups excluding carboxylic acids is 1. The van der Waals surface area contributed by atoms with Gasteiger partial charge >= 0.3 is 0 Å². The van der Waals surface area contributed by atoms with Gasteiger partial charge in [0.1, 0.15) is 0 Å².